The van der Waals surface area contributed by atoms with Crippen molar-refractivity contribution in [2.24, 2.45) is 0 Å². The second-order valence-electron chi connectivity index (χ2n) is 28.0. The van der Waals surface area contributed by atoms with E-state index in [-0.39, 0.29) is 10.8 Å². The third-order valence-corrected chi connectivity index (χ3v) is 16.2. The number of aryl methyl sites for hydroxylation is 7. The summed E-state index contributed by atoms with van der Waals surface area (Å²) in [7, 11) is 0. The SMILES string of the molecule is Cc1cc(C#N)cc(C(C)(C)C)c1.Cc1cccc(-c2c(C(C)C)cc(C(C)C)cc2C(C)C)c1.Cc1cccc(-c2c(C(C)C)cccc2C(C)C)c1.Cc1cccc(-c2c(C)cc(C(C)(C)C)cc2C)c1.[C-]#[N+]c1cc(C)cc(-c2ccccc2)c1. The van der Waals surface area contributed by atoms with Crippen LogP contribution in [0, 0.1) is 66.4 Å². The van der Waals surface area contributed by atoms with Crippen molar-refractivity contribution < 1.29 is 0 Å². The summed E-state index contributed by atoms with van der Waals surface area (Å²) in [5.41, 5.74) is 31.4. The molecule has 0 spiro atoms. The molecule has 0 aliphatic rings. The van der Waals surface area contributed by atoms with E-state index in [4.69, 9.17) is 11.8 Å². The predicted octanol–water partition coefficient (Wildman–Crippen LogP) is 25.9. The zero-order chi connectivity index (χ0) is 65.4. The highest BCUT2D eigenvalue weighted by Crippen LogP contribution is 2.40. The lowest BCUT2D eigenvalue weighted by atomic mass is 9.81. The van der Waals surface area contributed by atoms with Gasteiger partial charge in [0.05, 0.1) is 18.2 Å². The lowest BCUT2D eigenvalue weighted by molar-refractivity contribution is 0.589. The number of rotatable bonds is 9. The van der Waals surface area contributed by atoms with Crippen molar-refractivity contribution in [1.82, 2.24) is 0 Å². The molecule has 9 aromatic carbocycles. The van der Waals surface area contributed by atoms with E-state index < -0.39 is 0 Å². The van der Waals surface area contributed by atoms with Crippen molar-refractivity contribution in [2.75, 3.05) is 0 Å². The standard InChI is InChI=1S/C22H30.2C19H24.C14H11N.C12H15N/c1-14(2)19-12-20(15(3)4)22(21(13-19)16(5)6)18-10-8-9-17(7)11-18;1-13-8-7-9-16(10-13)18-14(2)11-17(12-15(18)3)19(4,5)6;1-13(2)17-10-7-11-18(14(3)4)19(17)16-9-6-8-15(5)12-16;1-11-8-13(10-14(9-11)15-2)12-6-4-3-5-7-12;1-9-5-10(8-13)7-11(6-9)12(2,3)4/h8-16H,1-7H3;7-12H,1-6H3;6-14H,1-5H3;3-10H,1H3;5-7H,1-4H3. The Kier molecular flexibility index (Phi) is 25.5. The second kappa shape index (κ2) is 31.7. The third-order valence-electron chi connectivity index (χ3n) is 16.2. The van der Waals surface area contributed by atoms with Crippen molar-refractivity contribution >= 4 is 5.69 Å². The summed E-state index contributed by atoms with van der Waals surface area (Å²) < 4.78 is 0. The van der Waals surface area contributed by atoms with Crippen molar-refractivity contribution in [3.05, 3.63) is 277 Å². The van der Waals surface area contributed by atoms with Gasteiger partial charge in [-0.05, 0) is 207 Å². The monoisotopic (exact) mass is 1160 g/mol. The van der Waals surface area contributed by atoms with E-state index in [1.807, 2.05) is 56.3 Å². The van der Waals surface area contributed by atoms with Gasteiger partial charge in [-0.25, -0.2) is 4.85 Å². The quantitative estimate of drug-likeness (QED) is 0.132. The molecule has 9 rings (SSSR count). The zero-order valence-electron chi connectivity index (χ0n) is 58.1. The van der Waals surface area contributed by atoms with Crippen LogP contribution in [-0.2, 0) is 10.8 Å². The summed E-state index contributed by atoms with van der Waals surface area (Å²) in [6.07, 6.45) is 0. The minimum Gasteiger partial charge on any atom is -0.238 e. The molecule has 0 fully saturated rings. The molecule has 458 valence electrons. The van der Waals surface area contributed by atoms with Crippen molar-refractivity contribution in [2.45, 2.75) is 200 Å². The van der Waals surface area contributed by atoms with Crippen LogP contribution in [0.5, 0.6) is 0 Å². The summed E-state index contributed by atoms with van der Waals surface area (Å²) in [4.78, 5) is 3.47. The highest BCUT2D eigenvalue weighted by molar-refractivity contribution is 5.76. The van der Waals surface area contributed by atoms with Gasteiger partial charge in [-0.3, -0.25) is 0 Å². The van der Waals surface area contributed by atoms with E-state index in [0.29, 0.717) is 35.3 Å². The molecule has 0 unspecified atom stereocenters. The fourth-order valence-corrected chi connectivity index (χ4v) is 11.3. The van der Waals surface area contributed by atoms with Crippen molar-refractivity contribution in [3.63, 3.8) is 0 Å². The average Bonchev–Trinajstić information content (AvgIpc) is 2.36. The van der Waals surface area contributed by atoms with Crippen molar-refractivity contribution in [1.29, 1.82) is 5.26 Å². The molecule has 0 bridgehead atoms. The van der Waals surface area contributed by atoms with Crippen LogP contribution in [-0.4, -0.2) is 0 Å². The smallest absolute Gasteiger partial charge is 0.188 e. The van der Waals surface area contributed by atoms with Crippen LogP contribution in [0.1, 0.15) is 224 Å². The molecule has 88 heavy (non-hydrogen) atoms. The molecule has 0 N–H and O–H groups in total. The molecule has 2 nitrogen and oxygen atoms in total. The van der Waals surface area contributed by atoms with Gasteiger partial charge in [-0.1, -0.05) is 297 Å². The second-order valence-corrected chi connectivity index (χ2v) is 28.0. The summed E-state index contributed by atoms with van der Waals surface area (Å²) in [6, 6.07) is 67.1. The Morgan fingerprint density at radius 3 is 1.10 bits per heavy atom. The van der Waals surface area contributed by atoms with E-state index >= 15 is 0 Å². The van der Waals surface area contributed by atoms with E-state index in [0.717, 1.165) is 27.8 Å². The lowest BCUT2D eigenvalue weighted by Crippen LogP contribution is -2.12. The normalized spacial score (nSPS) is 11.2. The highest BCUT2D eigenvalue weighted by Gasteiger charge is 2.21. The number of nitriles is 1. The molecule has 0 aromatic heterocycles. The summed E-state index contributed by atoms with van der Waals surface area (Å²) in [6.45, 7) is 58.2. The van der Waals surface area contributed by atoms with E-state index in [1.165, 1.54) is 100 Å². The van der Waals surface area contributed by atoms with Crippen molar-refractivity contribution in [3.8, 4) is 50.6 Å². The van der Waals surface area contributed by atoms with Gasteiger partial charge >= 0.3 is 0 Å². The minimum atomic E-state index is 0.123. The summed E-state index contributed by atoms with van der Waals surface area (Å²) in [5.74, 6) is 2.74. The van der Waals surface area contributed by atoms with Crippen LogP contribution in [0.3, 0.4) is 0 Å². The van der Waals surface area contributed by atoms with Crippen LogP contribution in [0.4, 0.5) is 5.69 Å². The van der Waals surface area contributed by atoms with Crippen LogP contribution in [0.15, 0.2) is 182 Å². The molecule has 0 aliphatic heterocycles. The number of hydrogen-bond acceptors (Lipinski definition) is 1. The molecule has 0 radical (unpaired) electrons. The van der Waals surface area contributed by atoms with Gasteiger partial charge in [0.1, 0.15) is 0 Å². The molecule has 0 atom stereocenters. The molecule has 2 heteroatoms. The van der Waals surface area contributed by atoms with Crippen LogP contribution in [0.25, 0.3) is 49.4 Å². The first-order chi connectivity index (χ1) is 41.3. The van der Waals surface area contributed by atoms with Crippen LogP contribution >= 0.6 is 0 Å². The van der Waals surface area contributed by atoms with Gasteiger partial charge < -0.3 is 0 Å². The number of nitrogens with zero attached hydrogens (tertiary/aromatic N) is 2. The number of benzene rings is 9. The third kappa shape index (κ3) is 20.0. The Hall–Kier alpha value is -8.04. The molecule has 0 saturated heterocycles. The maximum absolute atomic E-state index is 8.80. The molecule has 0 amide bonds. The first kappa shape index (κ1) is 70.7. The fraction of sp³-hybridized carbons (Fsp3) is 0.349. The Balaban J connectivity index is 0.000000203. The molecular weight excluding hydrogens is 1060 g/mol. The van der Waals surface area contributed by atoms with Gasteiger partial charge in [0.2, 0.25) is 0 Å². The minimum absolute atomic E-state index is 0.123. The zero-order valence-corrected chi connectivity index (χ0v) is 58.1. The molecule has 0 aliphatic carbocycles. The van der Waals surface area contributed by atoms with E-state index in [1.54, 1.807) is 0 Å². The molecule has 0 saturated carbocycles. The molecular formula is C86H104N2. The van der Waals surface area contributed by atoms with Gasteiger partial charge in [0.25, 0.3) is 0 Å². The Morgan fingerprint density at radius 2 is 0.716 bits per heavy atom. The fourth-order valence-electron chi connectivity index (χ4n) is 11.3. The lowest BCUT2D eigenvalue weighted by Gasteiger charge is -2.23. The maximum Gasteiger partial charge on any atom is 0.188 e. The topological polar surface area (TPSA) is 28.1 Å². The summed E-state index contributed by atoms with van der Waals surface area (Å²) >= 11 is 0. The Morgan fingerprint density at radius 1 is 0.341 bits per heavy atom. The first-order valence-corrected chi connectivity index (χ1v) is 32.0. The van der Waals surface area contributed by atoms with Crippen LogP contribution < -0.4 is 0 Å². The van der Waals surface area contributed by atoms with Gasteiger partial charge in [-0.2, -0.15) is 5.26 Å². The highest BCUT2D eigenvalue weighted by atomic mass is 14.6. The van der Waals surface area contributed by atoms with Gasteiger partial charge in [-0.15, -0.1) is 0 Å². The summed E-state index contributed by atoms with van der Waals surface area (Å²) in [5, 5.41) is 8.80. The molecule has 0 heterocycles. The van der Waals surface area contributed by atoms with E-state index in [2.05, 4.69) is 296 Å². The Labute approximate surface area is 535 Å². The average molecular weight is 1170 g/mol. The van der Waals surface area contributed by atoms with Crippen LogP contribution in [0.2, 0.25) is 0 Å². The first-order valence-electron chi connectivity index (χ1n) is 32.0. The largest absolute Gasteiger partial charge is 0.238 e. The Bertz CT molecular complexity index is 3750. The number of hydrogen-bond donors (Lipinski definition) is 0. The van der Waals surface area contributed by atoms with Gasteiger partial charge in [0.15, 0.2) is 5.69 Å². The predicted molar refractivity (Wildman–Crippen MR) is 386 cm³/mol. The van der Waals surface area contributed by atoms with E-state index in [9.17, 15) is 0 Å². The van der Waals surface area contributed by atoms with Gasteiger partial charge in [0, 0.05) is 0 Å². The maximum atomic E-state index is 8.80. The molecule has 9 aromatic rings.